The van der Waals surface area contributed by atoms with E-state index in [-0.39, 0.29) is 0 Å². The van der Waals surface area contributed by atoms with Crippen molar-refractivity contribution in [3.05, 3.63) is 0 Å². The number of hydrogen-bond donors (Lipinski definition) is 2. The first-order chi connectivity index (χ1) is 3.18. The van der Waals surface area contributed by atoms with Crippen LogP contribution >= 0.6 is 0 Å². The van der Waals surface area contributed by atoms with Crippen molar-refractivity contribution in [2.45, 2.75) is 19.1 Å². The fraction of sp³-hybridized carbons (Fsp3) is 0.750. The van der Waals surface area contributed by atoms with Crippen LogP contribution in [0, 0.1) is 11.3 Å². The zero-order chi connectivity index (χ0) is 5.86. The maximum absolute atomic E-state index is 8.35. The Balaban J connectivity index is 3.40. The Bertz CT molecular complexity index is 84.2. The van der Waals surface area contributed by atoms with Crippen LogP contribution < -0.4 is 0 Å². The molecule has 2 atom stereocenters. The zero-order valence-corrected chi connectivity index (χ0v) is 4.00. The Hall–Kier alpha value is -0.590. The van der Waals surface area contributed by atoms with Gasteiger partial charge < -0.3 is 10.2 Å². The van der Waals surface area contributed by atoms with Crippen LogP contribution in [0.4, 0.5) is 0 Å². The summed E-state index contributed by atoms with van der Waals surface area (Å²) in [5.74, 6) is 0. The van der Waals surface area contributed by atoms with Gasteiger partial charge in [0.05, 0.1) is 12.2 Å². The number of rotatable bonds is 1. The van der Waals surface area contributed by atoms with E-state index in [1.54, 1.807) is 0 Å². The van der Waals surface area contributed by atoms with Crippen LogP contribution in [0.3, 0.4) is 0 Å². The summed E-state index contributed by atoms with van der Waals surface area (Å²) in [6.45, 7) is 1.36. The first-order valence-corrected chi connectivity index (χ1v) is 1.94. The summed E-state index contributed by atoms with van der Waals surface area (Å²) in [6.07, 6.45) is -2.18. The highest BCUT2D eigenvalue weighted by Gasteiger charge is 2.06. The lowest BCUT2D eigenvalue weighted by Gasteiger charge is -2.00. The summed E-state index contributed by atoms with van der Waals surface area (Å²) in [7, 11) is 0. The van der Waals surface area contributed by atoms with Gasteiger partial charge in [-0.15, -0.1) is 0 Å². The molecule has 2 N–H and O–H groups in total. The third-order valence-corrected chi connectivity index (χ3v) is 0.589. The second-order valence-corrected chi connectivity index (χ2v) is 1.31. The number of hydrogen-bond acceptors (Lipinski definition) is 3. The maximum Gasteiger partial charge on any atom is 0.165 e. The summed E-state index contributed by atoms with van der Waals surface area (Å²) in [5.41, 5.74) is 0. The van der Waals surface area contributed by atoms with Gasteiger partial charge in [-0.2, -0.15) is 5.26 Å². The molecule has 0 spiro atoms. The molecular formula is C4H7NO2. The molecule has 0 heterocycles. The van der Waals surface area contributed by atoms with Gasteiger partial charge in [-0.05, 0) is 6.92 Å². The third kappa shape index (κ3) is 2.15. The van der Waals surface area contributed by atoms with Crippen LogP contribution in [0.5, 0.6) is 0 Å². The van der Waals surface area contributed by atoms with Crippen molar-refractivity contribution in [1.82, 2.24) is 0 Å². The monoisotopic (exact) mass is 101 g/mol. The molecule has 0 saturated carbocycles. The first kappa shape index (κ1) is 6.41. The molecule has 3 nitrogen and oxygen atoms in total. The van der Waals surface area contributed by atoms with E-state index in [0.29, 0.717) is 0 Å². The molecular weight excluding hydrogens is 94.0 g/mol. The number of aliphatic hydroxyl groups excluding tert-OH is 2. The predicted octanol–water partition coefficient (Wildman–Crippen LogP) is -0.748. The molecule has 0 aliphatic carbocycles. The van der Waals surface area contributed by atoms with Gasteiger partial charge in [-0.1, -0.05) is 0 Å². The molecule has 0 unspecified atom stereocenters. The van der Waals surface area contributed by atoms with Gasteiger partial charge in [0, 0.05) is 0 Å². The molecule has 7 heavy (non-hydrogen) atoms. The Morgan fingerprint density at radius 1 is 1.57 bits per heavy atom. The summed E-state index contributed by atoms with van der Waals surface area (Å²) < 4.78 is 0. The Kier molecular flexibility index (Phi) is 2.34. The average molecular weight is 101 g/mol. The molecule has 0 radical (unpaired) electrons. The van der Waals surface area contributed by atoms with E-state index in [1.807, 2.05) is 0 Å². The highest BCUT2D eigenvalue weighted by Crippen LogP contribution is 1.86. The minimum atomic E-state index is -1.24. The standard InChI is InChI=1S/C4H7NO2/c1-3(6)4(7)2-5/h3-4,6-7H,1H3/t3-,4+/m0/s1. The third-order valence-electron chi connectivity index (χ3n) is 0.589. The lowest BCUT2D eigenvalue weighted by Crippen LogP contribution is -2.19. The normalized spacial score (nSPS) is 17.4. The Morgan fingerprint density at radius 3 is 2.00 bits per heavy atom. The SMILES string of the molecule is C[C@H](O)[C@H](O)C#N. The largest absolute Gasteiger partial charge is 0.390 e. The second-order valence-electron chi connectivity index (χ2n) is 1.31. The van der Waals surface area contributed by atoms with Crippen molar-refractivity contribution < 1.29 is 10.2 Å². The van der Waals surface area contributed by atoms with Crippen LogP contribution in [-0.4, -0.2) is 22.4 Å². The van der Waals surface area contributed by atoms with Crippen LogP contribution in [-0.2, 0) is 0 Å². The van der Waals surface area contributed by atoms with Crippen LogP contribution in [0.1, 0.15) is 6.92 Å². The second kappa shape index (κ2) is 2.56. The fourth-order valence-electron chi connectivity index (χ4n) is 0.108. The Labute approximate surface area is 41.8 Å². The average Bonchev–Trinajstić information content (AvgIpc) is 1.65. The van der Waals surface area contributed by atoms with Gasteiger partial charge in [0.25, 0.3) is 0 Å². The molecule has 0 aliphatic heterocycles. The number of nitrogens with zero attached hydrogens (tertiary/aromatic N) is 1. The maximum atomic E-state index is 8.35. The van der Waals surface area contributed by atoms with Gasteiger partial charge in [0.2, 0.25) is 0 Å². The van der Waals surface area contributed by atoms with E-state index in [1.165, 1.54) is 13.0 Å². The molecule has 0 aromatic rings. The summed E-state index contributed by atoms with van der Waals surface area (Å²) >= 11 is 0. The van der Waals surface area contributed by atoms with Crippen LogP contribution in [0.2, 0.25) is 0 Å². The molecule has 40 valence electrons. The van der Waals surface area contributed by atoms with Gasteiger partial charge in [-0.25, -0.2) is 0 Å². The van der Waals surface area contributed by atoms with Gasteiger partial charge in [-0.3, -0.25) is 0 Å². The number of aliphatic hydroxyl groups is 2. The van der Waals surface area contributed by atoms with Gasteiger partial charge in [0.1, 0.15) is 0 Å². The van der Waals surface area contributed by atoms with Crippen molar-refractivity contribution in [1.29, 1.82) is 5.26 Å². The van der Waals surface area contributed by atoms with Crippen molar-refractivity contribution >= 4 is 0 Å². The van der Waals surface area contributed by atoms with Crippen LogP contribution in [0.25, 0.3) is 0 Å². The van der Waals surface area contributed by atoms with E-state index in [0.717, 1.165) is 0 Å². The van der Waals surface area contributed by atoms with Crippen molar-refractivity contribution in [2.75, 3.05) is 0 Å². The molecule has 0 aromatic heterocycles. The molecule has 0 amide bonds. The van der Waals surface area contributed by atoms with Gasteiger partial charge >= 0.3 is 0 Å². The first-order valence-electron chi connectivity index (χ1n) is 1.94. The summed E-state index contributed by atoms with van der Waals surface area (Å²) in [6, 6.07) is 1.47. The lowest BCUT2D eigenvalue weighted by atomic mass is 10.3. The van der Waals surface area contributed by atoms with E-state index in [4.69, 9.17) is 15.5 Å². The molecule has 0 aliphatic rings. The minimum absolute atomic E-state index is 0.940. The van der Waals surface area contributed by atoms with Crippen LogP contribution in [0.15, 0.2) is 0 Å². The molecule has 0 fully saturated rings. The van der Waals surface area contributed by atoms with Crippen molar-refractivity contribution in [3.63, 3.8) is 0 Å². The lowest BCUT2D eigenvalue weighted by molar-refractivity contribution is 0.0665. The molecule has 0 saturated heterocycles. The summed E-state index contributed by atoms with van der Waals surface area (Å²) in [5, 5.41) is 24.5. The van der Waals surface area contributed by atoms with E-state index < -0.39 is 12.2 Å². The van der Waals surface area contributed by atoms with E-state index in [9.17, 15) is 0 Å². The Morgan fingerprint density at radius 2 is 2.00 bits per heavy atom. The highest BCUT2D eigenvalue weighted by atomic mass is 16.3. The predicted molar refractivity (Wildman–Crippen MR) is 23.3 cm³/mol. The minimum Gasteiger partial charge on any atom is -0.390 e. The van der Waals surface area contributed by atoms with E-state index in [2.05, 4.69) is 0 Å². The van der Waals surface area contributed by atoms with Gasteiger partial charge in [0.15, 0.2) is 6.10 Å². The molecule has 3 heteroatoms. The molecule has 0 rings (SSSR count). The summed E-state index contributed by atoms with van der Waals surface area (Å²) in [4.78, 5) is 0. The molecule has 0 aromatic carbocycles. The van der Waals surface area contributed by atoms with Crippen molar-refractivity contribution in [3.8, 4) is 6.07 Å². The quantitative estimate of drug-likeness (QED) is 0.427. The van der Waals surface area contributed by atoms with Crippen molar-refractivity contribution in [2.24, 2.45) is 0 Å². The van der Waals surface area contributed by atoms with E-state index >= 15 is 0 Å². The zero-order valence-electron chi connectivity index (χ0n) is 4.00. The smallest absolute Gasteiger partial charge is 0.165 e. The molecule has 0 bridgehead atoms. The highest BCUT2D eigenvalue weighted by molar-refractivity contribution is 4.85. The topological polar surface area (TPSA) is 64.2 Å². The number of nitriles is 1. The fourth-order valence-corrected chi connectivity index (χ4v) is 0.108.